The van der Waals surface area contributed by atoms with Gasteiger partial charge in [-0.05, 0) is 31.6 Å². The summed E-state index contributed by atoms with van der Waals surface area (Å²) >= 11 is 0. The standard InChI is InChI=1S/C9H13FO2/c10-8-4-1-7(2-5-8)3-6-9(11)12/h3,6-8H,1-2,4-5H2,(H,11,12)/b6-3+. The van der Waals surface area contributed by atoms with Crippen LogP contribution in [0.2, 0.25) is 0 Å². The molecular formula is C9H13FO2. The van der Waals surface area contributed by atoms with Crippen LogP contribution < -0.4 is 0 Å². The van der Waals surface area contributed by atoms with Crippen LogP contribution in [0.3, 0.4) is 0 Å². The molecule has 0 aromatic heterocycles. The zero-order chi connectivity index (χ0) is 8.97. The minimum absolute atomic E-state index is 0.271. The molecule has 1 aliphatic rings. The van der Waals surface area contributed by atoms with Crippen molar-refractivity contribution in [2.45, 2.75) is 31.9 Å². The van der Waals surface area contributed by atoms with Crippen molar-refractivity contribution in [1.82, 2.24) is 0 Å². The van der Waals surface area contributed by atoms with E-state index in [1.807, 2.05) is 0 Å². The highest BCUT2D eigenvalue weighted by molar-refractivity contribution is 5.79. The molecule has 0 bridgehead atoms. The lowest BCUT2D eigenvalue weighted by Gasteiger charge is -2.20. The molecular weight excluding hydrogens is 159 g/mol. The van der Waals surface area contributed by atoms with Crippen LogP contribution in [0.4, 0.5) is 4.39 Å². The summed E-state index contributed by atoms with van der Waals surface area (Å²) < 4.78 is 12.6. The Labute approximate surface area is 71.1 Å². The van der Waals surface area contributed by atoms with Gasteiger partial charge in [0.1, 0.15) is 6.17 Å². The second-order valence-electron chi connectivity index (χ2n) is 3.21. The monoisotopic (exact) mass is 172 g/mol. The third-order valence-electron chi connectivity index (χ3n) is 2.21. The molecule has 12 heavy (non-hydrogen) atoms. The molecule has 0 heterocycles. The molecule has 0 aromatic carbocycles. The summed E-state index contributed by atoms with van der Waals surface area (Å²) in [6.45, 7) is 0. The van der Waals surface area contributed by atoms with Crippen molar-refractivity contribution >= 4 is 5.97 Å². The fourth-order valence-corrected chi connectivity index (χ4v) is 1.49. The minimum atomic E-state index is -0.919. The zero-order valence-electron chi connectivity index (χ0n) is 6.87. The molecule has 0 unspecified atom stereocenters. The van der Waals surface area contributed by atoms with E-state index in [0.29, 0.717) is 12.8 Å². The Morgan fingerprint density at radius 3 is 2.42 bits per heavy atom. The van der Waals surface area contributed by atoms with Gasteiger partial charge in [0, 0.05) is 6.08 Å². The van der Waals surface area contributed by atoms with Crippen LogP contribution in [0.15, 0.2) is 12.2 Å². The molecule has 0 radical (unpaired) electrons. The Morgan fingerprint density at radius 2 is 1.92 bits per heavy atom. The van der Waals surface area contributed by atoms with Gasteiger partial charge in [-0.3, -0.25) is 0 Å². The third kappa shape index (κ3) is 3.03. The van der Waals surface area contributed by atoms with E-state index in [2.05, 4.69) is 0 Å². The topological polar surface area (TPSA) is 37.3 Å². The van der Waals surface area contributed by atoms with Crippen molar-refractivity contribution in [1.29, 1.82) is 0 Å². The molecule has 1 aliphatic carbocycles. The van der Waals surface area contributed by atoms with E-state index in [0.717, 1.165) is 18.9 Å². The molecule has 3 heteroatoms. The van der Waals surface area contributed by atoms with Gasteiger partial charge in [-0.1, -0.05) is 6.08 Å². The lowest BCUT2D eigenvalue weighted by atomic mass is 9.88. The van der Waals surface area contributed by atoms with E-state index in [4.69, 9.17) is 5.11 Å². The first-order valence-electron chi connectivity index (χ1n) is 4.23. The number of rotatable bonds is 2. The maximum atomic E-state index is 12.6. The van der Waals surface area contributed by atoms with Gasteiger partial charge < -0.3 is 5.11 Å². The van der Waals surface area contributed by atoms with E-state index >= 15 is 0 Å². The number of alkyl halides is 1. The smallest absolute Gasteiger partial charge is 0.327 e. The molecule has 1 N–H and O–H groups in total. The number of hydrogen-bond donors (Lipinski definition) is 1. The maximum absolute atomic E-state index is 12.6. The van der Waals surface area contributed by atoms with Crippen molar-refractivity contribution < 1.29 is 14.3 Å². The number of aliphatic carboxylic acids is 1. The summed E-state index contributed by atoms with van der Waals surface area (Å²) in [5.74, 6) is -0.648. The zero-order valence-corrected chi connectivity index (χ0v) is 6.87. The fourth-order valence-electron chi connectivity index (χ4n) is 1.49. The summed E-state index contributed by atoms with van der Waals surface area (Å²) in [7, 11) is 0. The van der Waals surface area contributed by atoms with E-state index in [9.17, 15) is 9.18 Å². The van der Waals surface area contributed by atoms with Gasteiger partial charge >= 0.3 is 5.97 Å². The molecule has 1 saturated carbocycles. The van der Waals surface area contributed by atoms with Crippen LogP contribution in [0, 0.1) is 5.92 Å². The molecule has 0 atom stereocenters. The number of carbonyl (C=O) groups is 1. The largest absolute Gasteiger partial charge is 0.478 e. The molecule has 1 fully saturated rings. The summed E-state index contributed by atoms with van der Waals surface area (Å²) in [5.41, 5.74) is 0. The summed E-state index contributed by atoms with van der Waals surface area (Å²) in [4.78, 5) is 10.1. The highest BCUT2D eigenvalue weighted by Crippen LogP contribution is 2.26. The quantitative estimate of drug-likeness (QED) is 0.648. The molecule has 0 spiro atoms. The van der Waals surface area contributed by atoms with Gasteiger partial charge in [0.15, 0.2) is 0 Å². The number of allylic oxidation sites excluding steroid dienone is 1. The minimum Gasteiger partial charge on any atom is -0.478 e. The Balaban J connectivity index is 2.30. The molecule has 0 saturated heterocycles. The molecule has 1 rings (SSSR count). The molecule has 2 nitrogen and oxygen atoms in total. The highest BCUT2D eigenvalue weighted by Gasteiger charge is 2.18. The first kappa shape index (κ1) is 9.23. The predicted octanol–water partition coefficient (Wildman–Crippen LogP) is 2.16. The summed E-state index contributed by atoms with van der Waals surface area (Å²) in [6, 6.07) is 0. The SMILES string of the molecule is O=C(O)/C=C/C1CCC(F)CC1. The molecule has 0 amide bonds. The van der Waals surface area contributed by atoms with Crippen molar-refractivity contribution in [3.8, 4) is 0 Å². The van der Waals surface area contributed by atoms with Crippen LogP contribution in [-0.4, -0.2) is 17.2 Å². The Hall–Kier alpha value is -0.860. The highest BCUT2D eigenvalue weighted by atomic mass is 19.1. The van der Waals surface area contributed by atoms with Crippen molar-refractivity contribution in [2.24, 2.45) is 5.92 Å². The Morgan fingerprint density at radius 1 is 1.33 bits per heavy atom. The van der Waals surface area contributed by atoms with Gasteiger partial charge in [-0.2, -0.15) is 0 Å². The average molecular weight is 172 g/mol. The first-order chi connectivity index (χ1) is 5.68. The van der Waals surface area contributed by atoms with Gasteiger partial charge in [0.05, 0.1) is 0 Å². The first-order valence-corrected chi connectivity index (χ1v) is 4.23. The van der Waals surface area contributed by atoms with E-state index in [1.165, 1.54) is 0 Å². The van der Waals surface area contributed by atoms with Gasteiger partial charge in [0.25, 0.3) is 0 Å². The van der Waals surface area contributed by atoms with Crippen molar-refractivity contribution in [3.63, 3.8) is 0 Å². The lowest BCUT2D eigenvalue weighted by Crippen LogP contribution is -2.13. The lowest BCUT2D eigenvalue weighted by molar-refractivity contribution is -0.131. The van der Waals surface area contributed by atoms with Gasteiger partial charge in [-0.15, -0.1) is 0 Å². The molecule has 0 aromatic rings. The van der Waals surface area contributed by atoms with E-state index in [-0.39, 0.29) is 5.92 Å². The van der Waals surface area contributed by atoms with Crippen molar-refractivity contribution in [2.75, 3.05) is 0 Å². The van der Waals surface area contributed by atoms with E-state index < -0.39 is 12.1 Å². The number of carboxylic acids is 1. The maximum Gasteiger partial charge on any atom is 0.327 e. The van der Waals surface area contributed by atoms with Crippen LogP contribution in [0.25, 0.3) is 0 Å². The summed E-state index contributed by atoms with van der Waals surface area (Å²) in [5, 5.41) is 8.34. The Kier molecular flexibility index (Phi) is 3.26. The normalized spacial score (nSPS) is 30.8. The summed E-state index contributed by atoms with van der Waals surface area (Å²) in [6.07, 6.45) is 4.89. The van der Waals surface area contributed by atoms with Crippen LogP contribution in [-0.2, 0) is 4.79 Å². The average Bonchev–Trinajstić information content (AvgIpc) is 2.03. The third-order valence-corrected chi connectivity index (χ3v) is 2.21. The fraction of sp³-hybridized carbons (Fsp3) is 0.667. The van der Waals surface area contributed by atoms with Crippen LogP contribution in [0.5, 0.6) is 0 Å². The predicted molar refractivity (Wildman–Crippen MR) is 43.6 cm³/mol. The number of halogens is 1. The molecule has 0 aliphatic heterocycles. The van der Waals surface area contributed by atoms with Gasteiger partial charge in [0.2, 0.25) is 0 Å². The van der Waals surface area contributed by atoms with Crippen LogP contribution in [0.1, 0.15) is 25.7 Å². The van der Waals surface area contributed by atoms with Crippen molar-refractivity contribution in [3.05, 3.63) is 12.2 Å². The molecule has 68 valence electrons. The van der Waals surface area contributed by atoms with Crippen LogP contribution >= 0.6 is 0 Å². The van der Waals surface area contributed by atoms with Gasteiger partial charge in [-0.25, -0.2) is 9.18 Å². The Bertz CT molecular complexity index is 181. The van der Waals surface area contributed by atoms with E-state index in [1.54, 1.807) is 6.08 Å². The second-order valence-corrected chi connectivity index (χ2v) is 3.21. The number of hydrogen-bond acceptors (Lipinski definition) is 1. The second kappa shape index (κ2) is 4.24. The number of carboxylic acid groups (broad SMARTS) is 1.